The number of benzene rings is 2. The molecule has 2 aromatic carbocycles. The van der Waals surface area contributed by atoms with Crippen molar-refractivity contribution in [3.05, 3.63) is 89.7 Å². The zero-order chi connectivity index (χ0) is 21.0. The Kier molecular flexibility index (Phi) is 6.18. The van der Waals surface area contributed by atoms with E-state index in [9.17, 15) is 13.2 Å². The van der Waals surface area contributed by atoms with E-state index in [4.69, 9.17) is 0 Å². The molecule has 3 aromatic rings. The molecule has 2 nitrogen and oxygen atoms in total. The van der Waals surface area contributed by atoms with Crippen LogP contribution in [0.25, 0.3) is 11.1 Å². The van der Waals surface area contributed by atoms with E-state index in [1.54, 1.807) is 6.20 Å². The lowest BCUT2D eigenvalue weighted by Crippen LogP contribution is -2.34. The predicted octanol–water partition coefficient (Wildman–Crippen LogP) is 6.19. The molecule has 0 bridgehead atoms. The van der Waals surface area contributed by atoms with Gasteiger partial charge in [0, 0.05) is 18.9 Å². The van der Waals surface area contributed by atoms with Crippen LogP contribution in [-0.2, 0) is 12.6 Å². The van der Waals surface area contributed by atoms with Crippen LogP contribution >= 0.6 is 0 Å². The molecule has 5 heteroatoms. The zero-order valence-electron chi connectivity index (χ0n) is 16.8. The van der Waals surface area contributed by atoms with Gasteiger partial charge in [0.15, 0.2) is 0 Å². The number of piperidine rings is 1. The summed E-state index contributed by atoms with van der Waals surface area (Å²) in [6, 6.07) is 18.4. The summed E-state index contributed by atoms with van der Waals surface area (Å²) in [5.41, 5.74) is 3.84. The maximum atomic E-state index is 13.0. The number of hydrogen-bond donors (Lipinski definition) is 0. The van der Waals surface area contributed by atoms with Gasteiger partial charge in [-0.15, -0.1) is 0 Å². The third kappa shape index (κ3) is 5.08. The minimum Gasteiger partial charge on any atom is -0.303 e. The molecule has 0 amide bonds. The molecule has 0 N–H and O–H groups in total. The maximum Gasteiger partial charge on any atom is 0.416 e. The van der Waals surface area contributed by atoms with Crippen molar-refractivity contribution in [2.75, 3.05) is 19.6 Å². The molecule has 0 aliphatic carbocycles. The second-order valence-electron chi connectivity index (χ2n) is 7.93. The minimum atomic E-state index is -4.27. The van der Waals surface area contributed by atoms with Gasteiger partial charge >= 0.3 is 6.18 Å². The van der Waals surface area contributed by atoms with E-state index >= 15 is 0 Å². The monoisotopic (exact) mass is 410 g/mol. The van der Waals surface area contributed by atoms with E-state index in [2.05, 4.69) is 40.2 Å². The number of halogens is 3. The highest BCUT2D eigenvalue weighted by Crippen LogP contribution is 2.34. The summed E-state index contributed by atoms with van der Waals surface area (Å²) < 4.78 is 38.9. The van der Waals surface area contributed by atoms with Gasteiger partial charge in [-0.2, -0.15) is 13.2 Å². The summed E-state index contributed by atoms with van der Waals surface area (Å²) in [5.74, 6) is 0.210. The first-order valence-corrected chi connectivity index (χ1v) is 10.4. The standard InChI is InChI=1S/C25H25F3N2/c26-25(27,28)24-5-1-3-22(17-24)21-11-15-30(16-12-21)14-10-19-6-8-20(9-7-19)23-4-2-13-29-18-23/h1-9,13,17-18,21H,10-12,14-16H2. The zero-order valence-corrected chi connectivity index (χ0v) is 16.8. The predicted molar refractivity (Wildman–Crippen MR) is 113 cm³/mol. The van der Waals surface area contributed by atoms with Gasteiger partial charge in [-0.05, 0) is 72.7 Å². The van der Waals surface area contributed by atoms with E-state index in [1.807, 2.05) is 18.3 Å². The van der Waals surface area contributed by atoms with Crippen molar-refractivity contribution in [1.29, 1.82) is 0 Å². The summed E-state index contributed by atoms with van der Waals surface area (Å²) >= 11 is 0. The van der Waals surface area contributed by atoms with Crippen LogP contribution in [0.3, 0.4) is 0 Å². The molecule has 1 saturated heterocycles. The Morgan fingerprint density at radius 1 is 0.900 bits per heavy atom. The van der Waals surface area contributed by atoms with E-state index < -0.39 is 11.7 Å². The van der Waals surface area contributed by atoms with Crippen LogP contribution in [0.2, 0.25) is 0 Å². The van der Waals surface area contributed by atoms with Crippen molar-refractivity contribution in [3.63, 3.8) is 0 Å². The van der Waals surface area contributed by atoms with E-state index in [-0.39, 0.29) is 5.92 Å². The molecule has 4 rings (SSSR count). The van der Waals surface area contributed by atoms with E-state index in [0.29, 0.717) is 0 Å². The lowest BCUT2D eigenvalue weighted by molar-refractivity contribution is -0.137. The molecular formula is C25H25F3N2. The molecule has 156 valence electrons. The van der Waals surface area contributed by atoms with Gasteiger partial charge in [-0.1, -0.05) is 48.5 Å². The molecule has 0 atom stereocenters. The lowest BCUT2D eigenvalue weighted by atomic mass is 9.88. The molecule has 1 aliphatic heterocycles. The van der Waals surface area contributed by atoms with Gasteiger partial charge in [0.1, 0.15) is 0 Å². The largest absolute Gasteiger partial charge is 0.416 e. The first-order valence-electron chi connectivity index (χ1n) is 10.4. The summed E-state index contributed by atoms with van der Waals surface area (Å²) in [4.78, 5) is 6.58. The molecule has 0 saturated carbocycles. The van der Waals surface area contributed by atoms with Crippen molar-refractivity contribution in [1.82, 2.24) is 9.88 Å². The number of likely N-dealkylation sites (tertiary alicyclic amines) is 1. The number of aromatic nitrogens is 1. The smallest absolute Gasteiger partial charge is 0.303 e. The minimum absolute atomic E-state index is 0.210. The number of rotatable bonds is 5. The van der Waals surface area contributed by atoms with Crippen molar-refractivity contribution in [2.45, 2.75) is 31.4 Å². The number of hydrogen-bond acceptors (Lipinski definition) is 2. The van der Waals surface area contributed by atoms with Crippen LogP contribution in [0, 0.1) is 0 Å². The molecule has 30 heavy (non-hydrogen) atoms. The van der Waals surface area contributed by atoms with Gasteiger partial charge in [-0.3, -0.25) is 4.98 Å². The number of pyridine rings is 1. The van der Waals surface area contributed by atoms with Crippen LogP contribution in [0.15, 0.2) is 73.1 Å². The van der Waals surface area contributed by atoms with Crippen molar-refractivity contribution in [3.8, 4) is 11.1 Å². The van der Waals surface area contributed by atoms with Crippen molar-refractivity contribution < 1.29 is 13.2 Å². The van der Waals surface area contributed by atoms with E-state index in [0.717, 1.165) is 61.7 Å². The summed E-state index contributed by atoms with van der Waals surface area (Å²) in [7, 11) is 0. The van der Waals surface area contributed by atoms with Crippen LogP contribution in [0.1, 0.15) is 35.4 Å². The van der Waals surface area contributed by atoms with Gasteiger partial charge < -0.3 is 4.90 Å². The molecular weight excluding hydrogens is 385 g/mol. The fraction of sp³-hybridized carbons (Fsp3) is 0.320. The molecule has 0 radical (unpaired) electrons. The van der Waals surface area contributed by atoms with Gasteiger partial charge in [0.05, 0.1) is 5.56 Å². The first-order chi connectivity index (χ1) is 14.5. The molecule has 2 heterocycles. The highest BCUT2D eigenvalue weighted by atomic mass is 19.4. The third-order valence-electron chi connectivity index (χ3n) is 5.94. The fourth-order valence-corrected chi connectivity index (χ4v) is 4.14. The Hall–Kier alpha value is -2.66. The van der Waals surface area contributed by atoms with Crippen LogP contribution in [0.4, 0.5) is 13.2 Å². The SMILES string of the molecule is FC(F)(F)c1cccc(C2CCN(CCc3ccc(-c4cccnc4)cc3)CC2)c1. The van der Waals surface area contributed by atoms with Gasteiger partial charge in [0.2, 0.25) is 0 Å². The molecule has 1 aliphatic rings. The molecule has 1 fully saturated rings. The average Bonchev–Trinajstić information content (AvgIpc) is 2.78. The summed E-state index contributed by atoms with van der Waals surface area (Å²) in [5, 5.41) is 0. The highest BCUT2D eigenvalue weighted by Gasteiger charge is 2.31. The molecule has 0 unspecified atom stereocenters. The Balaban J connectivity index is 1.28. The Morgan fingerprint density at radius 2 is 1.67 bits per heavy atom. The highest BCUT2D eigenvalue weighted by molar-refractivity contribution is 5.62. The third-order valence-corrected chi connectivity index (χ3v) is 5.94. The lowest BCUT2D eigenvalue weighted by Gasteiger charge is -2.32. The topological polar surface area (TPSA) is 16.1 Å². The van der Waals surface area contributed by atoms with Crippen molar-refractivity contribution >= 4 is 0 Å². The van der Waals surface area contributed by atoms with Gasteiger partial charge in [0.25, 0.3) is 0 Å². The average molecular weight is 410 g/mol. The Bertz CT molecular complexity index is 944. The second-order valence-corrected chi connectivity index (χ2v) is 7.93. The van der Waals surface area contributed by atoms with Crippen LogP contribution in [-0.4, -0.2) is 29.5 Å². The number of alkyl halides is 3. The van der Waals surface area contributed by atoms with Crippen LogP contribution in [0.5, 0.6) is 0 Å². The summed E-state index contributed by atoms with van der Waals surface area (Å²) in [6.07, 6.45) is 2.14. The summed E-state index contributed by atoms with van der Waals surface area (Å²) in [6.45, 7) is 2.82. The molecule has 1 aromatic heterocycles. The fourth-order valence-electron chi connectivity index (χ4n) is 4.14. The maximum absolute atomic E-state index is 13.0. The van der Waals surface area contributed by atoms with Crippen molar-refractivity contribution in [2.24, 2.45) is 0 Å². The molecule has 0 spiro atoms. The van der Waals surface area contributed by atoms with Crippen LogP contribution < -0.4 is 0 Å². The first kappa shape index (κ1) is 20.6. The normalized spacial score (nSPS) is 16.0. The van der Waals surface area contributed by atoms with Gasteiger partial charge in [-0.25, -0.2) is 0 Å². The quantitative estimate of drug-likeness (QED) is 0.499. The number of nitrogens with zero attached hydrogens (tertiary/aromatic N) is 2. The van der Waals surface area contributed by atoms with E-state index in [1.165, 1.54) is 17.7 Å². The second kappa shape index (κ2) is 9.00. The Labute approximate surface area is 175 Å². The Morgan fingerprint density at radius 3 is 2.33 bits per heavy atom.